The first-order valence-electron chi connectivity index (χ1n) is 9.98. The molecule has 0 aliphatic carbocycles. The molecule has 146 valence electrons. The zero-order valence-corrected chi connectivity index (χ0v) is 17.8. The molecule has 2 aromatic rings. The van der Waals surface area contributed by atoms with Gasteiger partial charge in [0.2, 0.25) is 0 Å². The average molecular weight is 367 g/mol. The number of ether oxygens (including phenoxy) is 1. The van der Waals surface area contributed by atoms with Crippen LogP contribution in [0.3, 0.4) is 0 Å². The van der Waals surface area contributed by atoms with Crippen LogP contribution in [0.1, 0.15) is 50.1 Å². The van der Waals surface area contributed by atoms with Gasteiger partial charge in [0, 0.05) is 36.0 Å². The summed E-state index contributed by atoms with van der Waals surface area (Å²) in [4.78, 5) is 7.23. The van der Waals surface area contributed by atoms with Gasteiger partial charge in [0.25, 0.3) is 0 Å². The number of benzene rings is 1. The summed E-state index contributed by atoms with van der Waals surface area (Å²) in [5, 5.41) is 0. The number of aryl methyl sites for hydroxylation is 3. The molecular weight excluding hydrogens is 332 g/mol. The minimum atomic E-state index is 0.121. The number of rotatable bonds is 9. The molecule has 1 aromatic heterocycles. The van der Waals surface area contributed by atoms with E-state index in [1.807, 2.05) is 6.08 Å². The van der Waals surface area contributed by atoms with Gasteiger partial charge in [-0.1, -0.05) is 38.1 Å². The van der Waals surface area contributed by atoms with E-state index in [0.717, 1.165) is 48.6 Å². The van der Waals surface area contributed by atoms with Crippen LogP contribution in [-0.4, -0.2) is 29.6 Å². The van der Waals surface area contributed by atoms with Gasteiger partial charge in [0.15, 0.2) is 0 Å². The van der Waals surface area contributed by atoms with Crippen molar-refractivity contribution in [3.05, 3.63) is 59.3 Å². The van der Waals surface area contributed by atoms with E-state index < -0.39 is 0 Å². The lowest BCUT2D eigenvalue weighted by Gasteiger charge is -2.22. The van der Waals surface area contributed by atoms with Crippen molar-refractivity contribution >= 4 is 0 Å². The molecule has 0 spiro atoms. The Bertz CT molecular complexity index is 758. The maximum absolute atomic E-state index is 6.22. The molecule has 0 aliphatic rings. The van der Waals surface area contributed by atoms with Crippen LogP contribution < -0.4 is 4.74 Å². The fourth-order valence-corrected chi connectivity index (χ4v) is 3.48. The van der Waals surface area contributed by atoms with Gasteiger partial charge in [-0.15, -0.1) is 6.58 Å². The maximum Gasteiger partial charge on any atom is 0.128 e. The van der Waals surface area contributed by atoms with Crippen LogP contribution >= 0.6 is 0 Å². The lowest BCUT2D eigenvalue weighted by Crippen LogP contribution is -2.20. The third-order valence-electron chi connectivity index (χ3n) is 4.78. The molecule has 0 atom stereocenters. The van der Waals surface area contributed by atoms with E-state index in [9.17, 15) is 0 Å². The summed E-state index contributed by atoms with van der Waals surface area (Å²) in [6.07, 6.45) is 4.03. The Morgan fingerprint density at radius 2 is 1.81 bits per heavy atom. The van der Waals surface area contributed by atoms with Crippen LogP contribution in [0, 0.1) is 6.92 Å². The molecule has 0 bridgehead atoms. The van der Waals surface area contributed by atoms with Crippen LogP contribution in [0.25, 0.3) is 11.3 Å². The van der Waals surface area contributed by atoms with Gasteiger partial charge in [-0.25, -0.2) is 0 Å². The Kier molecular flexibility index (Phi) is 7.61. The van der Waals surface area contributed by atoms with Crippen LogP contribution in [-0.2, 0) is 19.4 Å². The second-order valence-electron chi connectivity index (χ2n) is 7.38. The summed E-state index contributed by atoms with van der Waals surface area (Å²) < 4.78 is 6.22. The molecule has 0 amide bonds. The zero-order valence-electron chi connectivity index (χ0n) is 17.8. The molecule has 0 saturated carbocycles. The molecule has 0 saturated heterocycles. The summed E-state index contributed by atoms with van der Waals surface area (Å²) in [7, 11) is 2.09. The van der Waals surface area contributed by atoms with Gasteiger partial charge < -0.3 is 4.74 Å². The normalized spacial score (nSPS) is 11.3. The average Bonchev–Trinajstić information content (AvgIpc) is 2.63. The standard InChI is InChI=1S/C24H34N2O/c1-8-14-26(7)16-21-18(6)25-22(15-23(21)27-17(4)5)24-19(9-2)12-11-13-20(24)10-3/h8,11-13,15,17H,1,9-10,14,16H2,2-7H3. The molecule has 0 fully saturated rings. The molecule has 27 heavy (non-hydrogen) atoms. The van der Waals surface area contributed by atoms with Gasteiger partial charge in [0.05, 0.1) is 11.8 Å². The van der Waals surface area contributed by atoms with Gasteiger partial charge in [-0.3, -0.25) is 9.88 Å². The lowest BCUT2D eigenvalue weighted by molar-refractivity contribution is 0.235. The van der Waals surface area contributed by atoms with E-state index in [1.54, 1.807) is 0 Å². The van der Waals surface area contributed by atoms with E-state index in [0.29, 0.717) is 0 Å². The number of pyridine rings is 1. The maximum atomic E-state index is 6.22. The summed E-state index contributed by atoms with van der Waals surface area (Å²) in [5.74, 6) is 0.941. The lowest BCUT2D eigenvalue weighted by atomic mass is 9.94. The Morgan fingerprint density at radius 3 is 2.33 bits per heavy atom. The van der Waals surface area contributed by atoms with Gasteiger partial charge in [-0.2, -0.15) is 0 Å². The van der Waals surface area contributed by atoms with Crippen molar-refractivity contribution in [1.29, 1.82) is 0 Å². The SMILES string of the molecule is C=CCN(C)Cc1c(OC(C)C)cc(-c2c(CC)cccc2CC)nc1C. The van der Waals surface area contributed by atoms with E-state index in [-0.39, 0.29) is 6.10 Å². The molecule has 0 unspecified atom stereocenters. The monoisotopic (exact) mass is 366 g/mol. The van der Waals surface area contributed by atoms with Crippen molar-refractivity contribution in [3.63, 3.8) is 0 Å². The Labute approximate surface area is 165 Å². The third kappa shape index (κ3) is 5.20. The fourth-order valence-electron chi connectivity index (χ4n) is 3.48. The van der Waals surface area contributed by atoms with Gasteiger partial charge in [0.1, 0.15) is 5.75 Å². The van der Waals surface area contributed by atoms with Gasteiger partial charge in [-0.05, 0) is 51.8 Å². The number of hydrogen-bond acceptors (Lipinski definition) is 3. The largest absolute Gasteiger partial charge is 0.491 e. The van der Waals surface area contributed by atoms with E-state index >= 15 is 0 Å². The molecule has 3 heteroatoms. The predicted molar refractivity (Wildman–Crippen MR) is 115 cm³/mol. The van der Waals surface area contributed by atoms with Crippen LogP contribution in [0.5, 0.6) is 5.75 Å². The molecule has 0 N–H and O–H groups in total. The Balaban J connectivity index is 2.61. The van der Waals surface area contributed by atoms with Crippen LogP contribution in [0.2, 0.25) is 0 Å². The highest BCUT2D eigenvalue weighted by Gasteiger charge is 2.18. The molecule has 1 heterocycles. The predicted octanol–water partition coefficient (Wildman–Crippen LogP) is 5.59. The first-order valence-corrected chi connectivity index (χ1v) is 9.98. The second kappa shape index (κ2) is 9.70. The summed E-state index contributed by atoms with van der Waals surface area (Å²) in [6, 6.07) is 8.70. The minimum Gasteiger partial charge on any atom is -0.491 e. The van der Waals surface area contributed by atoms with Crippen molar-refractivity contribution in [2.24, 2.45) is 0 Å². The van der Waals surface area contributed by atoms with Crippen molar-refractivity contribution in [3.8, 4) is 17.0 Å². The molecule has 2 rings (SSSR count). The van der Waals surface area contributed by atoms with E-state index in [4.69, 9.17) is 9.72 Å². The summed E-state index contributed by atoms with van der Waals surface area (Å²) in [6.45, 7) is 16.1. The van der Waals surface area contributed by atoms with Crippen LogP contribution in [0.4, 0.5) is 0 Å². The number of nitrogens with zero attached hydrogens (tertiary/aromatic N) is 2. The Hall–Kier alpha value is -2.13. The fraction of sp³-hybridized carbons (Fsp3) is 0.458. The molecule has 3 nitrogen and oxygen atoms in total. The van der Waals surface area contributed by atoms with Crippen molar-refractivity contribution < 1.29 is 4.74 Å². The second-order valence-corrected chi connectivity index (χ2v) is 7.38. The smallest absolute Gasteiger partial charge is 0.128 e. The third-order valence-corrected chi connectivity index (χ3v) is 4.78. The topological polar surface area (TPSA) is 25.4 Å². The first kappa shape index (κ1) is 21.2. The highest BCUT2D eigenvalue weighted by atomic mass is 16.5. The number of likely N-dealkylation sites (N-methyl/N-ethyl adjacent to an activating group) is 1. The van der Waals surface area contributed by atoms with E-state index in [1.165, 1.54) is 16.7 Å². The summed E-state index contributed by atoms with van der Waals surface area (Å²) >= 11 is 0. The van der Waals surface area contributed by atoms with Crippen molar-refractivity contribution in [2.75, 3.05) is 13.6 Å². The number of aromatic nitrogens is 1. The molecule has 0 aliphatic heterocycles. The first-order chi connectivity index (χ1) is 12.9. The molecule has 0 radical (unpaired) electrons. The zero-order chi connectivity index (χ0) is 20.0. The van der Waals surface area contributed by atoms with Crippen molar-refractivity contribution in [1.82, 2.24) is 9.88 Å². The molecule has 1 aromatic carbocycles. The van der Waals surface area contributed by atoms with Crippen LogP contribution in [0.15, 0.2) is 36.9 Å². The highest BCUT2D eigenvalue weighted by Crippen LogP contribution is 2.33. The number of hydrogen-bond donors (Lipinski definition) is 0. The van der Waals surface area contributed by atoms with Gasteiger partial charge >= 0.3 is 0 Å². The summed E-state index contributed by atoms with van der Waals surface area (Å²) in [5.41, 5.74) is 7.16. The highest BCUT2D eigenvalue weighted by molar-refractivity contribution is 5.70. The molecular formula is C24H34N2O. The quantitative estimate of drug-likeness (QED) is 0.541. The minimum absolute atomic E-state index is 0.121. The Morgan fingerprint density at radius 1 is 1.19 bits per heavy atom. The van der Waals surface area contributed by atoms with E-state index in [2.05, 4.69) is 77.4 Å². The van der Waals surface area contributed by atoms with Crippen molar-refractivity contribution in [2.45, 2.75) is 60.1 Å².